The smallest absolute Gasteiger partial charge is 0.275 e. The maximum absolute atomic E-state index is 12.7. The second-order valence-electron chi connectivity index (χ2n) is 7.70. The number of carbonyl (C=O) groups is 1. The van der Waals surface area contributed by atoms with Crippen LogP contribution in [0.25, 0.3) is 0 Å². The molecule has 7 heteroatoms. The minimum absolute atomic E-state index is 0.0465. The summed E-state index contributed by atoms with van der Waals surface area (Å²) in [6.45, 7) is 10.2. The van der Waals surface area contributed by atoms with Crippen LogP contribution in [0.1, 0.15) is 42.4 Å². The summed E-state index contributed by atoms with van der Waals surface area (Å²) < 4.78 is 5.44. The quantitative estimate of drug-likeness (QED) is 0.761. The molecular formula is C19H33N5O2. The van der Waals surface area contributed by atoms with Crippen LogP contribution in [-0.2, 0) is 6.54 Å². The van der Waals surface area contributed by atoms with Crippen LogP contribution < -0.4 is 0 Å². The molecule has 3 rings (SSSR count). The Labute approximate surface area is 156 Å². The second kappa shape index (κ2) is 8.97. The summed E-state index contributed by atoms with van der Waals surface area (Å²) in [5.41, 5.74) is 0.424. The Balaban J connectivity index is 1.51. The number of nitrogens with zero attached hydrogens (tertiary/aromatic N) is 5. The van der Waals surface area contributed by atoms with Crippen LogP contribution in [0.2, 0.25) is 0 Å². The standard InChI is InChI=1S/C19H33N5O2/c1-4-23-9-11-24(12-10-23)15-17-13-18(20-26-17)19(25)22(3)14-16-7-5-6-8-21(16)2/h13,16H,4-12,14-15H2,1-3H3/t16-/m1/s1. The fourth-order valence-corrected chi connectivity index (χ4v) is 3.94. The topological polar surface area (TPSA) is 56.1 Å². The highest BCUT2D eigenvalue weighted by Gasteiger charge is 2.25. The number of hydrogen-bond donors (Lipinski definition) is 0. The number of amides is 1. The van der Waals surface area contributed by atoms with Crippen LogP contribution in [0.15, 0.2) is 10.6 Å². The van der Waals surface area contributed by atoms with Crippen molar-refractivity contribution < 1.29 is 9.32 Å². The molecule has 0 radical (unpaired) electrons. The number of carbonyl (C=O) groups excluding carboxylic acids is 1. The first-order chi connectivity index (χ1) is 12.6. The van der Waals surface area contributed by atoms with Crippen LogP contribution >= 0.6 is 0 Å². The van der Waals surface area contributed by atoms with Crippen molar-refractivity contribution in [2.24, 2.45) is 0 Å². The van der Waals surface area contributed by atoms with Gasteiger partial charge in [0.2, 0.25) is 0 Å². The first kappa shape index (κ1) is 19.3. The normalized spacial score (nSPS) is 23.3. The van der Waals surface area contributed by atoms with Gasteiger partial charge >= 0.3 is 0 Å². The van der Waals surface area contributed by atoms with E-state index in [1.54, 1.807) is 4.90 Å². The summed E-state index contributed by atoms with van der Waals surface area (Å²) >= 11 is 0. The molecule has 0 saturated carbocycles. The van der Waals surface area contributed by atoms with Crippen molar-refractivity contribution in [3.05, 3.63) is 17.5 Å². The Morgan fingerprint density at radius 2 is 1.96 bits per heavy atom. The molecule has 2 fully saturated rings. The van der Waals surface area contributed by atoms with Crippen LogP contribution in [0, 0.1) is 0 Å². The molecule has 0 N–H and O–H groups in total. The van der Waals surface area contributed by atoms with E-state index in [2.05, 4.69) is 33.8 Å². The molecule has 146 valence electrons. The fraction of sp³-hybridized carbons (Fsp3) is 0.789. The van der Waals surface area contributed by atoms with E-state index in [4.69, 9.17) is 4.52 Å². The molecule has 1 atom stereocenters. The molecule has 1 aromatic rings. The highest BCUT2D eigenvalue weighted by Crippen LogP contribution is 2.17. The lowest BCUT2D eigenvalue weighted by atomic mass is 10.0. The second-order valence-corrected chi connectivity index (χ2v) is 7.70. The van der Waals surface area contributed by atoms with E-state index >= 15 is 0 Å². The van der Waals surface area contributed by atoms with Gasteiger partial charge in [0.15, 0.2) is 11.5 Å². The third-order valence-corrected chi connectivity index (χ3v) is 5.82. The molecule has 2 saturated heterocycles. The van der Waals surface area contributed by atoms with Gasteiger partial charge in [0.25, 0.3) is 5.91 Å². The monoisotopic (exact) mass is 363 g/mol. The molecule has 1 amide bonds. The SMILES string of the molecule is CCN1CCN(Cc2cc(C(=O)N(C)C[C@H]3CCCCN3C)no2)CC1. The molecule has 26 heavy (non-hydrogen) atoms. The lowest BCUT2D eigenvalue weighted by Crippen LogP contribution is -2.45. The molecule has 0 unspecified atom stereocenters. The van der Waals surface area contributed by atoms with Gasteiger partial charge in [0, 0.05) is 51.9 Å². The van der Waals surface area contributed by atoms with Crippen molar-refractivity contribution >= 4 is 5.91 Å². The summed E-state index contributed by atoms with van der Waals surface area (Å²) in [7, 11) is 4.01. The van der Waals surface area contributed by atoms with Crippen molar-refractivity contribution in [2.75, 3.05) is 59.9 Å². The van der Waals surface area contributed by atoms with Gasteiger partial charge in [-0.3, -0.25) is 9.69 Å². The van der Waals surface area contributed by atoms with Gasteiger partial charge in [-0.25, -0.2) is 0 Å². The lowest BCUT2D eigenvalue weighted by Gasteiger charge is -2.34. The number of rotatable bonds is 6. The molecular weight excluding hydrogens is 330 g/mol. The predicted octanol–water partition coefficient (Wildman–Crippen LogP) is 1.37. The Morgan fingerprint density at radius 3 is 2.65 bits per heavy atom. The minimum atomic E-state index is -0.0465. The first-order valence-electron chi connectivity index (χ1n) is 9.92. The number of likely N-dealkylation sites (N-methyl/N-ethyl adjacent to an activating group) is 3. The minimum Gasteiger partial charge on any atom is -0.359 e. The zero-order valence-electron chi connectivity index (χ0n) is 16.5. The Kier molecular flexibility index (Phi) is 6.67. The van der Waals surface area contributed by atoms with Gasteiger partial charge < -0.3 is 19.2 Å². The van der Waals surface area contributed by atoms with Gasteiger partial charge in [-0.15, -0.1) is 0 Å². The highest BCUT2D eigenvalue weighted by molar-refractivity contribution is 5.92. The number of piperidine rings is 1. The maximum Gasteiger partial charge on any atom is 0.275 e. The molecule has 7 nitrogen and oxygen atoms in total. The van der Waals surface area contributed by atoms with E-state index in [-0.39, 0.29) is 5.91 Å². The molecule has 0 aliphatic carbocycles. The highest BCUT2D eigenvalue weighted by atomic mass is 16.5. The van der Waals surface area contributed by atoms with E-state index < -0.39 is 0 Å². The van der Waals surface area contributed by atoms with Crippen molar-refractivity contribution in [3.63, 3.8) is 0 Å². The van der Waals surface area contributed by atoms with E-state index in [1.807, 2.05) is 13.1 Å². The number of piperazine rings is 1. The van der Waals surface area contributed by atoms with Crippen molar-refractivity contribution in [1.82, 2.24) is 24.8 Å². The van der Waals surface area contributed by atoms with E-state index in [0.717, 1.165) is 64.5 Å². The van der Waals surface area contributed by atoms with Gasteiger partial charge in [-0.2, -0.15) is 0 Å². The van der Waals surface area contributed by atoms with E-state index in [1.165, 1.54) is 12.8 Å². The molecule has 2 aliphatic rings. The van der Waals surface area contributed by atoms with Crippen LogP contribution in [0.4, 0.5) is 0 Å². The number of aromatic nitrogens is 1. The van der Waals surface area contributed by atoms with Crippen LogP contribution in [0.5, 0.6) is 0 Å². The van der Waals surface area contributed by atoms with E-state index in [0.29, 0.717) is 11.7 Å². The maximum atomic E-state index is 12.7. The van der Waals surface area contributed by atoms with Gasteiger partial charge in [0.05, 0.1) is 6.54 Å². The summed E-state index contributed by atoms with van der Waals surface area (Å²) in [6, 6.07) is 2.26. The van der Waals surface area contributed by atoms with E-state index in [9.17, 15) is 4.79 Å². The number of likely N-dealkylation sites (tertiary alicyclic amines) is 1. The van der Waals surface area contributed by atoms with Gasteiger partial charge in [0.1, 0.15) is 0 Å². The average Bonchev–Trinajstić information content (AvgIpc) is 3.12. The van der Waals surface area contributed by atoms with Crippen LogP contribution in [0.3, 0.4) is 0 Å². The summed E-state index contributed by atoms with van der Waals surface area (Å²) in [4.78, 5) is 21.6. The zero-order chi connectivity index (χ0) is 18.5. The predicted molar refractivity (Wildman–Crippen MR) is 101 cm³/mol. The molecule has 0 bridgehead atoms. The molecule has 0 spiro atoms. The van der Waals surface area contributed by atoms with Gasteiger partial charge in [-0.1, -0.05) is 18.5 Å². The molecule has 0 aromatic carbocycles. The molecule has 1 aromatic heterocycles. The third kappa shape index (κ3) is 4.84. The molecule has 2 aliphatic heterocycles. The van der Waals surface area contributed by atoms with Crippen molar-refractivity contribution in [1.29, 1.82) is 0 Å². The first-order valence-corrected chi connectivity index (χ1v) is 9.92. The largest absolute Gasteiger partial charge is 0.359 e. The Bertz CT molecular complexity index is 582. The summed E-state index contributed by atoms with van der Waals surface area (Å²) in [5, 5.41) is 4.03. The van der Waals surface area contributed by atoms with Crippen molar-refractivity contribution in [3.8, 4) is 0 Å². The average molecular weight is 364 g/mol. The van der Waals surface area contributed by atoms with Gasteiger partial charge in [-0.05, 0) is 33.0 Å². The Hall–Kier alpha value is -1.44. The number of hydrogen-bond acceptors (Lipinski definition) is 6. The van der Waals surface area contributed by atoms with Crippen LogP contribution in [-0.4, -0.2) is 96.6 Å². The molecule has 3 heterocycles. The summed E-state index contributed by atoms with van der Waals surface area (Å²) in [6.07, 6.45) is 3.65. The lowest BCUT2D eigenvalue weighted by molar-refractivity contribution is 0.0707. The Morgan fingerprint density at radius 1 is 1.23 bits per heavy atom. The third-order valence-electron chi connectivity index (χ3n) is 5.82. The van der Waals surface area contributed by atoms with Crippen molar-refractivity contribution in [2.45, 2.75) is 38.8 Å². The fourth-order valence-electron chi connectivity index (χ4n) is 3.94. The summed E-state index contributed by atoms with van der Waals surface area (Å²) in [5.74, 6) is 0.733. The zero-order valence-corrected chi connectivity index (χ0v) is 16.5.